The van der Waals surface area contributed by atoms with Crippen LogP contribution in [0.1, 0.15) is 33.4 Å². The minimum Gasteiger partial charge on any atom is -0.451 e. The SMILES string of the molecule is CCc1nnsc1C(=O)OCC(=O)Nc1c([N+](=O)[O-])ccc(C)c1C. The predicted molar refractivity (Wildman–Crippen MR) is 90.8 cm³/mol. The normalized spacial score (nSPS) is 10.4. The van der Waals surface area contributed by atoms with Gasteiger partial charge in [0.1, 0.15) is 5.69 Å². The first-order chi connectivity index (χ1) is 11.8. The number of hydrogen-bond donors (Lipinski definition) is 1. The van der Waals surface area contributed by atoms with Crippen molar-refractivity contribution in [2.75, 3.05) is 11.9 Å². The number of carbonyl (C=O) groups is 2. The van der Waals surface area contributed by atoms with Crippen molar-refractivity contribution in [1.29, 1.82) is 0 Å². The number of nitrogens with one attached hydrogen (secondary N) is 1. The maximum absolute atomic E-state index is 12.0. The van der Waals surface area contributed by atoms with E-state index in [2.05, 4.69) is 14.9 Å². The largest absolute Gasteiger partial charge is 0.451 e. The lowest BCUT2D eigenvalue weighted by molar-refractivity contribution is -0.384. The highest BCUT2D eigenvalue weighted by Crippen LogP contribution is 2.30. The summed E-state index contributed by atoms with van der Waals surface area (Å²) in [6.45, 7) is 4.70. The number of esters is 1. The standard InChI is InChI=1S/C15H16N4O5S/c1-4-10-14(25-18-17-10)15(21)24-7-12(20)16-13-9(3)8(2)5-6-11(13)19(22)23/h5-6H,4,7H2,1-3H3,(H,16,20). The molecule has 1 aromatic carbocycles. The van der Waals surface area contributed by atoms with Crippen molar-refractivity contribution in [3.8, 4) is 0 Å². The number of aromatic nitrogens is 2. The molecule has 0 aliphatic carbocycles. The van der Waals surface area contributed by atoms with Crippen molar-refractivity contribution in [2.45, 2.75) is 27.2 Å². The van der Waals surface area contributed by atoms with Crippen LogP contribution in [0.3, 0.4) is 0 Å². The fourth-order valence-electron chi connectivity index (χ4n) is 2.08. The molecule has 0 saturated carbocycles. The van der Waals surface area contributed by atoms with Gasteiger partial charge in [-0.3, -0.25) is 14.9 Å². The monoisotopic (exact) mass is 364 g/mol. The Morgan fingerprint density at radius 1 is 1.36 bits per heavy atom. The van der Waals surface area contributed by atoms with Crippen LogP contribution in [0.2, 0.25) is 0 Å². The second-order valence-corrected chi connectivity index (χ2v) is 5.94. The van der Waals surface area contributed by atoms with E-state index in [9.17, 15) is 19.7 Å². The zero-order valence-corrected chi connectivity index (χ0v) is 14.7. The van der Waals surface area contributed by atoms with Gasteiger partial charge < -0.3 is 10.1 Å². The average molecular weight is 364 g/mol. The second kappa shape index (κ2) is 7.79. The lowest BCUT2D eigenvalue weighted by Crippen LogP contribution is -2.22. The van der Waals surface area contributed by atoms with E-state index < -0.39 is 23.4 Å². The molecule has 0 saturated heterocycles. The van der Waals surface area contributed by atoms with Crippen molar-refractivity contribution in [2.24, 2.45) is 0 Å². The Hall–Kier alpha value is -2.88. The summed E-state index contributed by atoms with van der Waals surface area (Å²) in [5, 5.41) is 17.4. The maximum atomic E-state index is 12.0. The smallest absolute Gasteiger partial charge is 0.352 e. The number of nitrogens with zero attached hydrogens (tertiary/aromatic N) is 3. The molecule has 2 rings (SSSR count). The molecule has 0 unspecified atom stereocenters. The Kier molecular flexibility index (Phi) is 5.75. The van der Waals surface area contributed by atoms with Crippen LogP contribution in [0.15, 0.2) is 12.1 Å². The first-order valence-electron chi connectivity index (χ1n) is 7.38. The molecule has 0 fully saturated rings. The number of rotatable bonds is 6. The third-order valence-corrected chi connectivity index (χ3v) is 4.33. The Bertz CT molecular complexity index is 833. The van der Waals surface area contributed by atoms with Crippen molar-refractivity contribution < 1.29 is 19.2 Å². The van der Waals surface area contributed by atoms with Gasteiger partial charge in [-0.05, 0) is 42.9 Å². The lowest BCUT2D eigenvalue weighted by Gasteiger charge is -2.11. The average Bonchev–Trinajstić information content (AvgIpc) is 3.05. The molecule has 1 heterocycles. The van der Waals surface area contributed by atoms with E-state index in [0.717, 1.165) is 17.1 Å². The Labute approximate surface area is 147 Å². The summed E-state index contributed by atoms with van der Waals surface area (Å²) in [7, 11) is 0. The molecular weight excluding hydrogens is 348 g/mol. The molecule has 2 aromatic rings. The number of benzene rings is 1. The summed E-state index contributed by atoms with van der Waals surface area (Å²) in [6.07, 6.45) is 0.516. The molecule has 9 nitrogen and oxygen atoms in total. The topological polar surface area (TPSA) is 124 Å². The zero-order valence-electron chi connectivity index (χ0n) is 13.9. The van der Waals surface area contributed by atoms with E-state index >= 15 is 0 Å². The minimum atomic E-state index is -0.697. The fourth-order valence-corrected chi connectivity index (χ4v) is 2.72. The van der Waals surface area contributed by atoms with Gasteiger partial charge in [-0.15, -0.1) is 5.10 Å². The molecule has 0 aliphatic heterocycles. The van der Waals surface area contributed by atoms with Crippen molar-refractivity contribution in [1.82, 2.24) is 9.59 Å². The Balaban J connectivity index is 2.07. The van der Waals surface area contributed by atoms with Gasteiger partial charge in [0.15, 0.2) is 11.5 Å². The van der Waals surface area contributed by atoms with Gasteiger partial charge in [-0.2, -0.15) is 0 Å². The van der Waals surface area contributed by atoms with Crippen molar-refractivity contribution in [3.63, 3.8) is 0 Å². The van der Waals surface area contributed by atoms with Gasteiger partial charge in [0, 0.05) is 6.07 Å². The molecule has 0 radical (unpaired) electrons. The minimum absolute atomic E-state index is 0.0970. The molecule has 1 N–H and O–H groups in total. The number of carbonyl (C=O) groups excluding carboxylic acids is 2. The highest BCUT2D eigenvalue weighted by atomic mass is 32.1. The summed E-state index contributed by atoms with van der Waals surface area (Å²) in [5.41, 5.74) is 1.75. The fraction of sp³-hybridized carbons (Fsp3) is 0.333. The quantitative estimate of drug-likeness (QED) is 0.474. The summed E-state index contributed by atoms with van der Waals surface area (Å²) < 4.78 is 8.62. The van der Waals surface area contributed by atoms with Crippen molar-refractivity contribution >= 4 is 34.8 Å². The van der Waals surface area contributed by atoms with Gasteiger partial charge in [-0.1, -0.05) is 17.5 Å². The first kappa shape index (κ1) is 18.5. The van der Waals surface area contributed by atoms with Gasteiger partial charge in [0.25, 0.3) is 11.6 Å². The summed E-state index contributed by atoms with van der Waals surface area (Å²) in [6, 6.07) is 2.92. The molecule has 25 heavy (non-hydrogen) atoms. The molecule has 0 aliphatic rings. The van der Waals surface area contributed by atoms with E-state index in [1.165, 1.54) is 6.07 Å². The summed E-state index contributed by atoms with van der Waals surface area (Å²) in [4.78, 5) is 34.8. The number of nitro groups is 1. The van der Waals surface area contributed by atoms with E-state index in [1.807, 2.05) is 6.92 Å². The van der Waals surface area contributed by atoms with E-state index in [0.29, 0.717) is 17.7 Å². The summed E-state index contributed by atoms with van der Waals surface area (Å²) in [5.74, 6) is -1.36. The Morgan fingerprint density at radius 2 is 2.08 bits per heavy atom. The van der Waals surface area contributed by atoms with Crippen LogP contribution < -0.4 is 5.32 Å². The molecule has 0 spiro atoms. The van der Waals surface area contributed by atoms with E-state index in [1.54, 1.807) is 19.9 Å². The molecule has 132 valence electrons. The van der Waals surface area contributed by atoms with Crippen LogP contribution in [0.4, 0.5) is 11.4 Å². The molecule has 1 aromatic heterocycles. The van der Waals surface area contributed by atoms with Gasteiger partial charge in [-0.25, -0.2) is 4.79 Å². The molecular formula is C15H16N4O5S. The molecule has 10 heteroatoms. The van der Waals surface area contributed by atoms with E-state index in [4.69, 9.17) is 4.74 Å². The van der Waals surface area contributed by atoms with Gasteiger partial charge in [0.05, 0.1) is 10.6 Å². The third kappa shape index (κ3) is 4.15. The van der Waals surface area contributed by atoms with E-state index in [-0.39, 0.29) is 16.3 Å². The first-order valence-corrected chi connectivity index (χ1v) is 8.15. The lowest BCUT2D eigenvalue weighted by atomic mass is 10.1. The summed E-state index contributed by atoms with van der Waals surface area (Å²) >= 11 is 0.892. The zero-order chi connectivity index (χ0) is 18.6. The van der Waals surface area contributed by atoms with Crippen LogP contribution in [0, 0.1) is 24.0 Å². The van der Waals surface area contributed by atoms with Gasteiger partial charge in [0.2, 0.25) is 0 Å². The van der Waals surface area contributed by atoms with Crippen LogP contribution in [0.5, 0.6) is 0 Å². The number of nitro benzene ring substituents is 1. The number of aryl methyl sites for hydroxylation is 2. The maximum Gasteiger partial charge on any atom is 0.352 e. The van der Waals surface area contributed by atoms with Crippen LogP contribution in [-0.2, 0) is 16.0 Å². The number of anilines is 1. The van der Waals surface area contributed by atoms with Crippen LogP contribution >= 0.6 is 11.5 Å². The third-order valence-electron chi connectivity index (χ3n) is 3.59. The molecule has 0 atom stereocenters. The number of hydrogen-bond acceptors (Lipinski definition) is 8. The highest BCUT2D eigenvalue weighted by Gasteiger charge is 2.21. The van der Waals surface area contributed by atoms with Crippen LogP contribution in [-0.4, -0.2) is 33.0 Å². The predicted octanol–water partition coefficient (Wildman–Crippen LogP) is 2.42. The van der Waals surface area contributed by atoms with Crippen molar-refractivity contribution in [3.05, 3.63) is 43.9 Å². The number of ether oxygens (including phenoxy) is 1. The molecule has 1 amide bonds. The highest BCUT2D eigenvalue weighted by molar-refractivity contribution is 7.07. The number of amides is 1. The van der Waals surface area contributed by atoms with Crippen LogP contribution in [0.25, 0.3) is 0 Å². The second-order valence-electron chi connectivity index (χ2n) is 5.19. The Morgan fingerprint density at radius 3 is 2.72 bits per heavy atom. The van der Waals surface area contributed by atoms with Gasteiger partial charge >= 0.3 is 5.97 Å². The molecule has 0 bridgehead atoms.